The van der Waals surface area contributed by atoms with Crippen molar-refractivity contribution in [2.75, 3.05) is 19.6 Å². The second kappa shape index (κ2) is 5.97. The Labute approximate surface area is 113 Å². The summed E-state index contributed by atoms with van der Waals surface area (Å²) in [5.74, 6) is 0.207. The van der Waals surface area contributed by atoms with Crippen LogP contribution < -0.4 is 5.32 Å². The second-order valence-electron chi connectivity index (χ2n) is 5.07. The van der Waals surface area contributed by atoms with Gasteiger partial charge in [0.05, 0.1) is 6.42 Å². The number of carbonyl (C=O) groups is 2. The highest BCUT2D eigenvalue weighted by Crippen LogP contribution is 2.10. The monoisotopic (exact) mass is 260 g/mol. The lowest BCUT2D eigenvalue weighted by Crippen LogP contribution is -2.52. The molecule has 1 saturated heterocycles. The largest absolute Gasteiger partial charge is 0.337 e. The van der Waals surface area contributed by atoms with E-state index in [1.54, 1.807) is 19.1 Å². The summed E-state index contributed by atoms with van der Waals surface area (Å²) in [6.07, 6.45) is 0.405. The number of amides is 1. The summed E-state index contributed by atoms with van der Waals surface area (Å²) in [5, 5.41) is 3.27. The van der Waals surface area contributed by atoms with E-state index < -0.39 is 0 Å². The SMILES string of the molecule is CC(=O)c1ccc(CC(=O)N2CCNC[C@H]2C)cc1. The van der Waals surface area contributed by atoms with E-state index in [1.807, 2.05) is 17.0 Å². The third-order valence-electron chi connectivity index (χ3n) is 3.54. The predicted octanol–water partition coefficient (Wildman–Crippen LogP) is 1.25. The van der Waals surface area contributed by atoms with Crippen LogP contribution in [0, 0.1) is 0 Å². The van der Waals surface area contributed by atoms with Crippen molar-refractivity contribution in [1.82, 2.24) is 10.2 Å². The van der Waals surface area contributed by atoms with Crippen LogP contribution in [0.4, 0.5) is 0 Å². The summed E-state index contributed by atoms with van der Waals surface area (Å²) < 4.78 is 0. The molecule has 0 aliphatic carbocycles. The third kappa shape index (κ3) is 3.41. The van der Waals surface area contributed by atoms with Gasteiger partial charge in [-0.3, -0.25) is 9.59 Å². The number of nitrogens with one attached hydrogen (secondary N) is 1. The molecule has 4 nitrogen and oxygen atoms in total. The lowest BCUT2D eigenvalue weighted by Gasteiger charge is -2.34. The number of Topliss-reactive ketones (excluding diaryl/α,β-unsaturated/α-hetero) is 1. The molecule has 2 rings (SSSR count). The number of nitrogens with zero attached hydrogens (tertiary/aromatic N) is 1. The van der Waals surface area contributed by atoms with Crippen molar-refractivity contribution in [3.05, 3.63) is 35.4 Å². The van der Waals surface area contributed by atoms with Crippen molar-refractivity contribution in [3.63, 3.8) is 0 Å². The lowest BCUT2D eigenvalue weighted by molar-refractivity contribution is -0.133. The molecule has 0 saturated carbocycles. The molecule has 0 bridgehead atoms. The Hall–Kier alpha value is -1.68. The van der Waals surface area contributed by atoms with Gasteiger partial charge in [0, 0.05) is 31.2 Å². The molecule has 102 valence electrons. The Kier molecular flexibility index (Phi) is 4.32. The molecule has 1 aromatic carbocycles. The summed E-state index contributed by atoms with van der Waals surface area (Å²) in [5.41, 5.74) is 1.65. The van der Waals surface area contributed by atoms with Crippen LogP contribution in [0.2, 0.25) is 0 Å². The van der Waals surface area contributed by atoms with Gasteiger partial charge in [0.2, 0.25) is 5.91 Å². The van der Waals surface area contributed by atoms with E-state index >= 15 is 0 Å². The number of carbonyl (C=O) groups excluding carboxylic acids is 2. The Morgan fingerprint density at radius 1 is 1.32 bits per heavy atom. The minimum absolute atomic E-state index is 0.0496. The smallest absolute Gasteiger partial charge is 0.227 e. The molecule has 1 fully saturated rings. The molecule has 19 heavy (non-hydrogen) atoms. The van der Waals surface area contributed by atoms with Gasteiger partial charge in [0.25, 0.3) is 0 Å². The van der Waals surface area contributed by atoms with Gasteiger partial charge in [-0.15, -0.1) is 0 Å². The summed E-state index contributed by atoms with van der Waals surface area (Å²) in [6, 6.07) is 7.54. The van der Waals surface area contributed by atoms with Gasteiger partial charge in [0.1, 0.15) is 0 Å². The fraction of sp³-hybridized carbons (Fsp3) is 0.467. The minimum atomic E-state index is 0.0496. The molecule has 0 radical (unpaired) electrons. The number of ketones is 1. The molecule has 1 aliphatic heterocycles. The summed E-state index contributed by atoms with van der Waals surface area (Å²) in [6.45, 7) is 6.09. The molecule has 1 amide bonds. The molecule has 0 unspecified atom stereocenters. The van der Waals surface area contributed by atoms with Gasteiger partial charge in [-0.2, -0.15) is 0 Å². The standard InChI is InChI=1S/C15H20N2O2/c1-11-10-16-7-8-17(11)15(19)9-13-3-5-14(6-4-13)12(2)18/h3-6,11,16H,7-10H2,1-2H3/t11-/m1/s1. The van der Waals surface area contributed by atoms with Crippen LogP contribution in [0.3, 0.4) is 0 Å². The first-order chi connectivity index (χ1) is 9.08. The molecule has 1 heterocycles. The van der Waals surface area contributed by atoms with Crippen molar-refractivity contribution < 1.29 is 9.59 Å². The lowest BCUT2D eigenvalue weighted by atomic mass is 10.1. The van der Waals surface area contributed by atoms with Crippen LogP contribution in [-0.4, -0.2) is 42.3 Å². The molecular weight excluding hydrogens is 240 g/mol. The van der Waals surface area contributed by atoms with Gasteiger partial charge in [-0.25, -0.2) is 0 Å². The van der Waals surface area contributed by atoms with Gasteiger partial charge in [-0.05, 0) is 19.4 Å². The molecule has 0 spiro atoms. The predicted molar refractivity (Wildman–Crippen MR) is 74.2 cm³/mol. The molecular formula is C15H20N2O2. The van der Waals surface area contributed by atoms with E-state index in [1.165, 1.54) is 0 Å². The molecule has 1 N–H and O–H groups in total. The first-order valence-electron chi connectivity index (χ1n) is 6.68. The second-order valence-corrected chi connectivity index (χ2v) is 5.07. The van der Waals surface area contributed by atoms with E-state index in [0.29, 0.717) is 12.0 Å². The molecule has 1 atom stereocenters. The summed E-state index contributed by atoms with van der Waals surface area (Å²) in [4.78, 5) is 25.3. The quantitative estimate of drug-likeness (QED) is 0.832. The Bertz CT molecular complexity index is 468. The molecule has 1 aliphatic rings. The van der Waals surface area contributed by atoms with Crippen molar-refractivity contribution in [3.8, 4) is 0 Å². The summed E-state index contributed by atoms with van der Waals surface area (Å²) in [7, 11) is 0. The van der Waals surface area contributed by atoms with Crippen molar-refractivity contribution in [2.45, 2.75) is 26.3 Å². The summed E-state index contributed by atoms with van der Waals surface area (Å²) >= 11 is 0. The van der Waals surface area contributed by atoms with Gasteiger partial charge < -0.3 is 10.2 Å². The molecule has 0 aromatic heterocycles. The van der Waals surface area contributed by atoms with E-state index in [2.05, 4.69) is 12.2 Å². The Morgan fingerprint density at radius 2 is 2.00 bits per heavy atom. The van der Waals surface area contributed by atoms with Crippen LogP contribution in [0.25, 0.3) is 0 Å². The van der Waals surface area contributed by atoms with Crippen LogP contribution >= 0.6 is 0 Å². The number of piperazine rings is 1. The van der Waals surface area contributed by atoms with Gasteiger partial charge >= 0.3 is 0 Å². The van der Waals surface area contributed by atoms with E-state index in [4.69, 9.17) is 0 Å². The first kappa shape index (κ1) is 13.7. The highest BCUT2D eigenvalue weighted by Gasteiger charge is 2.22. The number of hydrogen-bond donors (Lipinski definition) is 1. The topological polar surface area (TPSA) is 49.4 Å². The van der Waals surface area contributed by atoms with Crippen LogP contribution in [-0.2, 0) is 11.2 Å². The average molecular weight is 260 g/mol. The van der Waals surface area contributed by atoms with Crippen LogP contribution in [0.1, 0.15) is 29.8 Å². The maximum absolute atomic E-state index is 12.2. The zero-order chi connectivity index (χ0) is 13.8. The number of hydrogen-bond acceptors (Lipinski definition) is 3. The maximum Gasteiger partial charge on any atom is 0.227 e. The van der Waals surface area contributed by atoms with Crippen molar-refractivity contribution in [2.24, 2.45) is 0 Å². The number of rotatable bonds is 3. The maximum atomic E-state index is 12.2. The minimum Gasteiger partial charge on any atom is -0.337 e. The number of benzene rings is 1. The fourth-order valence-corrected chi connectivity index (χ4v) is 2.35. The normalized spacial score (nSPS) is 19.3. The highest BCUT2D eigenvalue weighted by atomic mass is 16.2. The van der Waals surface area contributed by atoms with Crippen molar-refractivity contribution >= 4 is 11.7 Å². The average Bonchev–Trinajstić information content (AvgIpc) is 2.39. The molecule has 4 heteroatoms. The van der Waals surface area contributed by atoms with E-state index in [0.717, 1.165) is 25.2 Å². The zero-order valence-electron chi connectivity index (χ0n) is 11.5. The van der Waals surface area contributed by atoms with Crippen LogP contribution in [0.15, 0.2) is 24.3 Å². The Balaban J connectivity index is 2.00. The highest BCUT2D eigenvalue weighted by molar-refractivity contribution is 5.94. The van der Waals surface area contributed by atoms with E-state index in [-0.39, 0.29) is 17.7 Å². The third-order valence-corrected chi connectivity index (χ3v) is 3.54. The van der Waals surface area contributed by atoms with Gasteiger partial charge in [-0.1, -0.05) is 24.3 Å². The van der Waals surface area contributed by atoms with Gasteiger partial charge in [0.15, 0.2) is 5.78 Å². The zero-order valence-corrected chi connectivity index (χ0v) is 11.5. The molecule has 1 aromatic rings. The first-order valence-corrected chi connectivity index (χ1v) is 6.68. The fourth-order valence-electron chi connectivity index (χ4n) is 2.35. The van der Waals surface area contributed by atoms with Crippen LogP contribution in [0.5, 0.6) is 0 Å². The van der Waals surface area contributed by atoms with E-state index in [9.17, 15) is 9.59 Å². The Morgan fingerprint density at radius 3 is 2.58 bits per heavy atom. The van der Waals surface area contributed by atoms with Crippen molar-refractivity contribution in [1.29, 1.82) is 0 Å².